The molecular weight excluding hydrogens is 695 g/mol. The van der Waals surface area contributed by atoms with Gasteiger partial charge in [0.2, 0.25) is 0 Å². The van der Waals surface area contributed by atoms with Crippen LogP contribution in [0.25, 0.3) is 88.4 Å². The van der Waals surface area contributed by atoms with Crippen molar-refractivity contribution in [3.63, 3.8) is 0 Å². The van der Waals surface area contributed by atoms with Crippen molar-refractivity contribution in [1.29, 1.82) is 0 Å². The van der Waals surface area contributed by atoms with E-state index in [2.05, 4.69) is 199 Å². The Morgan fingerprint density at radius 1 is 0.263 bits per heavy atom. The molecule has 3 heteroatoms. The Labute approximate surface area is 330 Å². The molecule has 0 saturated heterocycles. The third-order valence-electron chi connectivity index (χ3n) is 11.0. The Morgan fingerprint density at radius 3 is 1.58 bits per heavy atom. The molecule has 0 atom stereocenters. The number of anilines is 3. The molecule has 0 aliphatic heterocycles. The molecule has 0 aliphatic rings. The first-order chi connectivity index (χ1) is 28.2. The maximum atomic E-state index is 6.48. The lowest BCUT2D eigenvalue weighted by molar-refractivity contribution is 0.631. The largest absolute Gasteiger partial charge is 0.456 e. The topological polar surface area (TPSA) is 29.5 Å². The Balaban J connectivity index is 0.950. The van der Waals surface area contributed by atoms with Gasteiger partial charge in [-0.15, -0.1) is 0 Å². The van der Waals surface area contributed by atoms with Crippen molar-refractivity contribution in [2.45, 2.75) is 0 Å². The van der Waals surface area contributed by atoms with Crippen LogP contribution in [-0.2, 0) is 0 Å². The molecule has 0 saturated carbocycles. The van der Waals surface area contributed by atoms with Crippen molar-refractivity contribution >= 4 is 60.7 Å². The lowest BCUT2D eigenvalue weighted by Crippen LogP contribution is -2.10. The Kier molecular flexibility index (Phi) is 7.82. The lowest BCUT2D eigenvalue weighted by atomic mass is 10.00. The average molecular weight is 730 g/mol. The molecule has 3 nitrogen and oxygen atoms in total. The van der Waals surface area contributed by atoms with E-state index in [9.17, 15) is 0 Å². The number of hydrogen-bond donors (Lipinski definition) is 0. The van der Waals surface area contributed by atoms with Gasteiger partial charge < -0.3 is 13.7 Å². The first-order valence-electron chi connectivity index (χ1n) is 19.3. The van der Waals surface area contributed by atoms with Crippen molar-refractivity contribution in [2.24, 2.45) is 0 Å². The number of fused-ring (bicyclic) bond motifs is 5. The molecule has 11 rings (SSSR count). The molecule has 0 amide bonds. The van der Waals surface area contributed by atoms with Crippen LogP contribution in [0.2, 0.25) is 0 Å². The fraction of sp³-hybridized carbons (Fsp3) is 0. The van der Waals surface area contributed by atoms with Gasteiger partial charge in [0.15, 0.2) is 0 Å². The monoisotopic (exact) mass is 729 g/mol. The quantitative estimate of drug-likeness (QED) is 0.164. The fourth-order valence-electron chi connectivity index (χ4n) is 8.11. The number of nitrogens with zero attached hydrogens (tertiary/aromatic N) is 1. The van der Waals surface area contributed by atoms with Crippen LogP contribution in [0.3, 0.4) is 0 Å². The molecule has 0 radical (unpaired) electrons. The molecule has 268 valence electrons. The van der Waals surface area contributed by atoms with E-state index < -0.39 is 0 Å². The minimum absolute atomic E-state index is 0.852. The van der Waals surface area contributed by atoms with Gasteiger partial charge in [-0.2, -0.15) is 0 Å². The van der Waals surface area contributed by atoms with Crippen molar-refractivity contribution in [1.82, 2.24) is 0 Å². The highest BCUT2D eigenvalue weighted by Gasteiger charge is 2.16. The summed E-state index contributed by atoms with van der Waals surface area (Å²) in [6.45, 7) is 0. The summed E-state index contributed by atoms with van der Waals surface area (Å²) in [5.41, 5.74) is 13.8. The molecule has 9 aromatic carbocycles. The van der Waals surface area contributed by atoms with Crippen LogP contribution in [0, 0.1) is 0 Å². The average Bonchev–Trinajstić information content (AvgIpc) is 3.87. The summed E-state index contributed by atoms with van der Waals surface area (Å²) >= 11 is 0. The van der Waals surface area contributed by atoms with Gasteiger partial charge in [0.25, 0.3) is 0 Å². The summed E-state index contributed by atoms with van der Waals surface area (Å²) in [6.07, 6.45) is 0. The Morgan fingerprint density at radius 2 is 0.825 bits per heavy atom. The summed E-state index contributed by atoms with van der Waals surface area (Å²) < 4.78 is 12.8. The molecule has 0 bridgehead atoms. The minimum atomic E-state index is 0.852. The molecule has 0 N–H and O–H groups in total. The predicted molar refractivity (Wildman–Crippen MR) is 237 cm³/mol. The molecule has 0 aliphatic carbocycles. The van der Waals surface area contributed by atoms with E-state index in [1.54, 1.807) is 0 Å². The third-order valence-corrected chi connectivity index (χ3v) is 11.0. The van der Waals surface area contributed by atoms with Gasteiger partial charge >= 0.3 is 0 Å². The van der Waals surface area contributed by atoms with Gasteiger partial charge in [-0.05, 0) is 117 Å². The minimum Gasteiger partial charge on any atom is -0.456 e. The fourth-order valence-corrected chi connectivity index (χ4v) is 8.11. The summed E-state index contributed by atoms with van der Waals surface area (Å²) in [5.74, 6) is 0.855. The van der Waals surface area contributed by atoms with Crippen LogP contribution in [0.4, 0.5) is 17.1 Å². The summed E-state index contributed by atoms with van der Waals surface area (Å²) in [5, 5.41) is 5.62. The SMILES string of the molecule is c1ccc(-c2ccc(N(c3ccc(-c4ccc5c(c4)oc4cc6cc(-c7ccccc7)oc6cc45)cc3)c3cccc(-c4ccc5ccccc5c4)c3)cc2)cc1. The molecule has 2 aromatic heterocycles. The molecule has 0 fully saturated rings. The second-order valence-corrected chi connectivity index (χ2v) is 14.6. The second kappa shape index (κ2) is 13.6. The normalized spacial score (nSPS) is 11.5. The molecule has 0 spiro atoms. The summed E-state index contributed by atoms with van der Waals surface area (Å²) in [6, 6.07) is 75.3. The zero-order valence-electron chi connectivity index (χ0n) is 31.0. The third kappa shape index (κ3) is 6.03. The van der Waals surface area contributed by atoms with Crippen LogP contribution in [-0.4, -0.2) is 0 Å². The van der Waals surface area contributed by atoms with Gasteiger partial charge in [-0.1, -0.05) is 140 Å². The van der Waals surface area contributed by atoms with Crippen LogP contribution >= 0.6 is 0 Å². The van der Waals surface area contributed by atoms with Crippen molar-refractivity contribution < 1.29 is 8.83 Å². The number of furan rings is 2. The Bertz CT molecular complexity index is 3210. The standard InChI is InChI=1S/C54H35NO2/c1-3-10-36(11-4-1)38-20-25-46(26-21-38)55(48-17-9-16-42(31-48)43-19-18-37-12-7-8-15-41(37)30-43)47-27-22-39(23-28-47)44-24-29-49-50-35-52-45(34-54(50)57-53(49)32-44)33-51(56-52)40-13-5-2-6-14-40/h1-35H. The zero-order valence-corrected chi connectivity index (χ0v) is 31.0. The summed E-state index contributed by atoms with van der Waals surface area (Å²) in [7, 11) is 0. The van der Waals surface area contributed by atoms with E-state index in [1.165, 1.54) is 33.0 Å². The first kappa shape index (κ1) is 32.8. The van der Waals surface area contributed by atoms with E-state index in [1.807, 2.05) is 18.2 Å². The van der Waals surface area contributed by atoms with Crippen LogP contribution in [0.1, 0.15) is 0 Å². The molecule has 11 aromatic rings. The van der Waals surface area contributed by atoms with Crippen molar-refractivity contribution in [3.05, 3.63) is 212 Å². The van der Waals surface area contributed by atoms with E-state index in [-0.39, 0.29) is 0 Å². The van der Waals surface area contributed by atoms with Gasteiger partial charge in [0.05, 0.1) is 0 Å². The van der Waals surface area contributed by atoms with Crippen LogP contribution in [0.5, 0.6) is 0 Å². The lowest BCUT2D eigenvalue weighted by Gasteiger charge is -2.26. The maximum absolute atomic E-state index is 6.48. The highest BCUT2D eigenvalue weighted by molar-refractivity contribution is 6.10. The van der Waals surface area contributed by atoms with Crippen LogP contribution in [0.15, 0.2) is 221 Å². The molecular formula is C54H35NO2. The van der Waals surface area contributed by atoms with Gasteiger partial charge in [-0.25, -0.2) is 0 Å². The summed E-state index contributed by atoms with van der Waals surface area (Å²) in [4.78, 5) is 2.34. The zero-order chi connectivity index (χ0) is 37.7. The van der Waals surface area contributed by atoms with Gasteiger partial charge in [-0.3, -0.25) is 0 Å². The highest BCUT2D eigenvalue weighted by Crippen LogP contribution is 2.40. The van der Waals surface area contributed by atoms with Crippen LogP contribution < -0.4 is 4.90 Å². The first-order valence-corrected chi connectivity index (χ1v) is 19.3. The second-order valence-electron chi connectivity index (χ2n) is 14.6. The van der Waals surface area contributed by atoms with Gasteiger partial charge in [0, 0.05) is 38.8 Å². The number of hydrogen-bond acceptors (Lipinski definition) is 3. The number of benzene rings is 9. The van der Waals surface area contributed by atoms with Gasteiger partial charge in [0.1, 0.15) is 22.5 Å². The molecule has 57 heavy (non-hydrogen) atoms. The van der Waals surface area contributed by atoms with Crippen molar-refractivity contribution in [2.75, 3.05) is 4.90 Å². The molecule has 2 heterocycles. The number of rotatable bonds is 7. The highest BCUT2D eigenvalue weighted by atomic mass is 16.3. The predicted octanol–water partition coefficient (Wildman–Crippen LogP) is 15.6. The Hall–Kier alpha value is -7.62. The molecule has 0 unspecified atom stereocenters. The van der Waals surface area contributed by atoms with Crippen molar-refractivity contribution in [3.8, 4) is 44.7 Å². The smallest absolute Gasteiger partial charge is 0.136 e. The van der Waals surface area contributed by atoms with E-state index >= 15 is 0 Å². The van der Waals surface area contributed by atoms with E-state index in [0.717, 1.165) is 72.4 Å². The van der Waals surface area contributed by atoms with E-state index in [4.69, 9.17) is 8.83 Å². The maximum Gasteiger partial charge on any atom is 0.136 e. The van der Waals surface area contributed by atoms with E-state index in [0.29, 0.717) is 0 Å².